The van der Waals surface area contributed by atoms with Crippen LogP contribution in [0.1, 0.15) is 18.9 Å². The maximum Gasteiger partial charge on any atom is 0.211 e. The van der Waals surface area contributed by atoms with Crippen molar-refractivity contribution in [1.82, 2.24) is 4.98 Å². The van der Waals surface area contributed by atoms with E-state index < -0.39 is 0 Å². The normalized spacial score (nSPS) is 11.0. The van der Waals surface area contributed by atoms with Crippen molar-refractivity contribution in [3.63, 3.8) is 0 Å². The van der Waals surface area contributed by atoms with E-state index in [-0.39, 0.29) is 0 Å². The van der Waals surface area contributed by atoms with Crippen LogP contribution in [0.3, 0.4) is 0 Å². The predicted molar refractivity (Wildman–Crippen MR) is 87.3 cm³/mol. The molecule has 1 heterocycles. The Bertz CT molecular complexity index is 638. The zero-order valence-corrected chi connectivity index (χ0v) is 12.4. The van der Waals surface area contributed by atoms with Gasteiger partial charge in [0.15, 0.2) is 0 Å². The Kier molecular flexibility index (Phi) is 5.35. The van der Waals surface area contributed by atoms with Crippen molar-refractivity contribution in [1.29, 1.82) is 0 Å². The van der Waals surface area contributed by atoms with Gasteiger partial charge in [-0.2, -0.15) is 0 Å². The lowest BCUT2D eigenvalue weighted by Crippen LogP contribution is -2.05. The molecular formula is C16H16ClN3O. The van der Waals surface area contributed by atoms with Crippen LogP contribution in [0.5, 0.6) is 0 Å². The van der Waals surface area contributed by atoms with Crippen molar-refractivity contribution in [3.8, 4) is 0 Å². The molecule has 108 valence electrons. The maximum absolute atomic E-state index is 10.7. The van der Waals surface area contributed by atoms with Crippen LogP contribution in [0.4, 0.5) is 11.5 Å². The molecule has 1 aromatic carbocycles. The van der Waals surface area contributed by atoms with E-state index in [4.69, 9.17) is 11.6 Å². The highest BCUT2D eigenvalue weighted by atomic mass is 35.5. The number of hydrogen-bond acceptors (Lipinski definition) is 3. The number of amides is 1. The third-order valence-electron chi connectivity index (χ3n) is 2.83. The molecule has 0 aliphatic rings. The third kappa shape index (κ3) is 4.07. The van der Waals surface area contributed by atoms with Crippen molar-refractivity contribution in [2.75, 3.05) is 10.6 Å². The molecule has 0 aliphatic heterocycles. The second-order valence-corrected chi connectivity index (χ2v) is 4.76. The van der Waals surface area contributed by atoms with Gasteiger partial charge < -0.3 is 10.6 Å². The fourth-order valence-electron chi connectivity index (χ4n) is 1.93. The van der Waals surface area contributed by atoms with Gasteiger partial charge in [0, 0.05) is 23.1 Å². The average Bonchev–Trinajstić information content (AvgIpc) is 2.50. The van der Waals surface area contributed by atoms with E-state index in [1.807, 2.05) is 43.3 Å². The fourth-order valence-corrected chi connectivity index (χ4v) is 2.04. The van der Waals surface area contributed by atoms with Crippen LogP contribution in [0.25, 0.3) is 5.70 Å². The largest absolute Gasteiger partial charge is 0.340 e. The Morgan fingerprint density at radius 1 is 1.29 bits per heavy atom. The lowest BCUT2D eigenvalue weighted by Gasteiger charge is -2.14. The van der Waals surface area contributed by atoms with Crippen molar-refractivity contribution in [2.45, 2.75) is 13.3 Å². The Balaban J connectivity index is 2.33. The number of anilines is 2. The predicted octanol–water partition coefficient (Wildman–Crippen LogP) is 4.17. The number of hydrogen-bond donors (Lipinski definition) is 2. The van der Waals surface area contributed by atoms with Crippen LogP contribution in [0.15, 0.2) is 48.7 Å². The van der Waals surface area contributed by atoms with E-state index in [0.717, 1.165) is 23.4 Å². The van der Waals surface area contributed by atoms with Crippen molar-refractivity contribution in [3.05, 3.63) is 59.3 Å². The zero-order chi connectivity index (χ0) is 15.1. The van der Waals surface area contributed by atoms with Crippen LogP contribution in [0.2, 0.25) is 5.02 Å². The number of carbonyl (C=O) groups excluding carboxylic acids is 1. The number of nitrogens with zero attached hydrogens (tertiary/aromatic N) is 1. The molecule has 4 nitrogen and oxygen atoms in total. The number of pyridine rings is 1. The summed E-state index contributed by atoms with van der Waals surface area (Å²) in [7, 11) is 0. The summed E-state index contributed by atoms with van der Waals surface area (Å²) < 4.78 is 0. The molecule has 21 heavy (non-hydrogen) atoms. The minimum absolute atomic E-state index is 0.588. The number of halogens is 1. The molecule has 5 heteroatoms. The quantitative estimate of drug-likeness (QED) is 0.787. The minimum atomic E-state index is 0.588. The van der Waals surface area contributed by atoms with E-state index in [2.05, 4.69) is 15.6 Å². The lowest BCUT2D eigenvalue weighted by atomic mass is 10.1. The van der Waals surface area contributed by atoms with E-state index in [1.54, 1.807) is 12.3 Å². The molecule has 2 rings (SSSR count). The molecule has 1 amide bonds. The Hall–Kier alpha value is -2.33. The van der Waals surface area contributed by atoms with Crippen LogP contribution in [-0.2, 0) is 4.79 Å². The Labute approximate surface area is 128 Å². The lowest BCUT2D eigenvalue weighted by molar-refractivity contribution is -0.105. The molecule has 1 aromatic heterocycles. The van der Waals surface area contributed by atoms with Gasteiger partial charge in [0.1, 0.15) is 5.82 Å². The molecule has 0 aliphatic carbocycles. The summed E-state index contributed by atoms with van der Waals surface area (Å²) in [5.41, 5.74) is 2.54. The number of carbonyl (C=O) groups is 1. The van der Waals surface area contributed by atoms with E-state index in [0.29, 0.717) is 17.3 Å². The van der Waals surface area contributed by atoms with Crippen LogP contribution in [0, 0.1) is 0 Å². The van der Waals surface area contributed by atoms with Crippen LogP contribution >= 0.6 is 11.6 Å². The van der Waals surface area contributed by atoms with Gasteiger partial charge in [0.2, 0.25) is 6.41 Å². The third-order valence-corrected chi connectivity index (χ3v) is 3.05. The number of para-hydroxylation sites is 1. The number of aromatic nitrogens is 1. The van der Waals surface area contributed by atoms with Crippen molar-refractivity contribution in [2.24, 2.45) is 0 Å². The molecule has 0 radical (unpaired) electrons. The van der Waals surface area contributed by atoms with Gasteiger partial charge in [-0.25, -0.2) is 4.98 Å². The van der Waals surface area contributed by atoms with Crippen molar-refractivity contribution < 1.29 is 4.79 Å². The zero-order valence-electron chi connectivity index (χ0n) is 11.6. The summed E-state index contributed by atoms with van der Waals surface area (Å²) in [6, 6.07) is 11.2. The van der Waals surface area contributed by atoms with Gasteiger partial charge in [-0.1, -0.05) is 42.8 Å². The summed E-state index contributed by atoms with van der Waals surface area (Å²) in [5.74, 6) is 0.694. The Morgan fingerprint density at radius 3 is 2.76 bits per heavy atom. The first-order valence-electron chi connectivity index (χ1n) is 6.63. The van der Waals surface area contributed by atoms with E-state index in [1.165, 1.54) is 0 Å². The topological polar surface area (TPSA) is 54.0 Å². The highest BCUT2D eigenvalue weighted by Crippen LogP contribution is 2.25. The molecule has 0 unspecified atom stereocenters. The standard InChI is InChI=1S/C16H16ClN3O/c1-2-5-15(20-16-9-8-12(17)10-18-16)13-6-3-4-7-14(13)19-11-21/h3-11H,2H2,1H3,(H,18,20)(H,19,21)/b15-5+. The molecule has 0 bridgehead atoms. The first-order chi connectivity index (χ1) is 10.2. The molecule has 0 atom stereocenters. The summed E-state index contributed by atoms with van der Waals surface area (Å²) in [6.07, 6.45) is 5.15. The van der Waals surface area contributed by atoms with Crippen LogP contribution in [-0.4, -0.2) is 11.4 Å². The average molecular weight is 302 g/mol. The monoisotopic (exact) mass is 301 g/mol. The molecule has 2 aromatic rings. The minimum Gasteiger partial charge on any atom is -0.340 e. The SMILES string of the molecule is CC/C=C(/Nc1ccc(Cl)cn1)c1ccccc1NC=O. The van der Waals surface area contributed by atoms with Gasteiger partial charge in [-0.3, -0.25) is 4.79 Å². The number of benzene rings is 1. The second kappa shape index (κ2) is 7.45. The van der Waals surface area contributed by atoms with Crippen molar-refractivity contribution >= 4 is 35.2 Å². The van der Waals surface area contributed by atoms with E-state index >= 15 is 0 Å². The summed E-state index contributed by atoms with van der Waals surface area (Å²) >= 11 is 5.84. The van der Waals surface area contributed by atoms with E-state index in [9.17, 15) is 4.79 Å². The first kappa shape index (κ1) is 15.1. The van der Waals surface area contributed by atoms with Gasteiger partial charge >= 0.3 is 0 Å². The second-order valence-electron chi connectivity index (χ2n) is 4.32. The fraction of sp³-hybridized carbons (Fsp3) is 0.125. The summed E-state index contributed by atoms with van der Waals surface area (Å²) in [6.45, 7) is 2.05. The van der Waals surface area contributed by atoms with Gasteiger partial charge in [-0.15, -0.1) is 0 Å². The molecule has 0 fully saturated rings. The molecule has 0 saturated heterocycles. The van der Waals surface area contributed by atoms with Gasteiger partial charge in [0.05, 0.1) is 5.02 Å². The van der Waals surface area contributed by atoms with Crippen LogP contribution < -0.4 is 10.6 Å². The van der Waals surface area contributed by atoms with Gasteiger partial charge in [0.25, 0.3) is 0 Å². The van der Waals surface area contributed by atoms with Gasteiger partial charge in [-0.05, 0) is 24.6 Å². The number of nitrogens with one attached hydrogen (secondary N) is 2. The maximum atomic E-state index is 10.7. The Morgan fingerprint density at radius 2 is 2.10 bits per heavy atom. The smallest absolute Gasteiger partial charge is 0.211 e. The highest BCUT2D eigenvalue weighted by Gasteiger charge is 2.07. The molecule has 2 N–H and O–H groups in total. The first-order valence-corrected chi connectivity index (χ1v) is 7.00. The highest BCUT2D eigenvalue weighted by molar-refractivity contribution is 6.30. The number of allylic oxidation sites excluding steroid dienone is 1. The molecular weight excluding hydrogens is 286 g/mol. The summed E-state index contributed by atoms with van der Waals surface area (Å²) in [5, 5.41) is 6.55. The number of rotatable bonds is 6. The summed E-state index contributed by atoms with van der Waals surface area (Å²) in [4.78, 5) is 15.0. The molecule has 0 spiro atoms. The molecule has 0 saturated carbocycles.